The predicted molar refractivity (Wildman–Crippen MR) is 257 cm³/mol. The highest BCUT2D eigenvalue weighted by Gasteiger charge is 2.64. The van der Waals surface area contributed by atoms with E-state index in [1.54, 1.807) is 72.5 Å². The number of halogens is 1. The van der Waals surface area contributed by atoms with Crippen LogP contribution in [0, 0.1) is 65.1 Å². The van der Waals surface area contributed by atoms with Gasteiger partial charge in [0.15, 0.2) is 0 Å². The Kier molecular flexibility index (Phi) is 14.7. The number of aromatic nitrogens is 1. The van der Waals surface area contributed by atoms with Gasteiger partial charge in [-0.1, -0.05) is 88.2 Å². The van der Waals surface area contributed by atoms with Crippen LogP contribution in [0.15, 0.2) is 77.3 Å². The number of aryl methyl sites for hydroxylation is 1. The van der Waals surface area contributed by atoms with Crippen LogP contribution in [0.1, 0.15) is 123 Å². The van der Waals surface area contributed by atoms with E-state index in [-0.39, 0.29) is 61.1 Å². The molecule has 0 unspecified atom stereocenters. The van der Waals surface area contributed by atoms with Crippen LogP contribution in [-0.4, -0.2) is 87.6 Å². The van der Waals surface area contributed by atoms with Crippen molar-refractivity contribution in [2.45, 2.75) is 110 Å². The summed E-state index contributed by atoms with van der Waals surface area (Å²) in [7, 11) is 0. The molecule has 4 aromatic rings. The number of amides is 4. The molecule has 1 saturated carbocycles. The summed E-state index contributed by atoms with van der Waals surface area (Å²) in [6.07, 6.45) is 5.86. The zero-order valence-electron chi connectivity index (χ0n) is 39.6. The van der Waals surface area contributed by atoms with Gasteiger partial charge in [-0.2, -0.15) is 5.26 Å². The minimum Gasteiger partial charge on any atom is -0.489 e. The second-order valence-corrected chi connectivity index (χ2v) is 20.2. The Bertz CT molecular complexity index is 2660. The SMILES string of the molecule is C#Cc1ccc([C@H](CC(=O)N2CCC(C#Cc3ccc(C(=O)NC4C(C)(C)C(Oc5ccc(C#N)c(Cl)c5)C4(C)C)cc3)CC2)NC(=O)[C@@H]2C[C@@H](O)CN2C(=O)[C@@H](c2cc(C)no2)C(C)C)cc1. The van der Waals surface area contributed by atoms with E-state index in [9.17, 15) is 29.5 Å². The fourth-order valence-electron chi connectivity index (χ4n) is 10.4. The molecule has 354 valence electrons. The number of hydrogen-bond donors (Lipinski definition) is 3. The Morgan fingerprint density at radius 2 is 1.65 bits per heavy atom. The van der Waals surface area contributed by atoms with Gasteiger partial charge in [0.1, 0.15) is 35.6 Å². The van der Waals surface area contributed by atoms with Crippen molar-refractivity contribution in [2.24, 2.45) is 22.7 Å². The molecule has 68 heavy (non-hydrogen) atoms. The first-order valence-corrected chi connectivity index (χ1v) is 23.5. The Morgan fingerprint density at radius 1 is 0.985 bits per heavy atom. The lowest BCUT2D eigenvalue weighted by atomic mass is 9.49. The number of terminal acetylenes is 1. The molecule has 3 fully saturated rings. The summed E-state index contributed by atoms with van der Waals surface area (Å²) in [6.45, 7) is 14.8. The average Bonchev–Trinajstić information content (AvgIpc) is 3.93. The number of benzene rings is 3. The number of nitrogens with zero attached hydrogens (tertiary/aromatic N) is 4. The van der Waals surface area contributed by atoms with Gasteiger partial charge in [0.05, 0.1) is 34.8 Å². The lowest BCUT2D eigenvalue weighted by molar-refractivity contribution is -0.164. The second-order valence-electron chi connectivity index (χ2n) is 19.8. The minimum absolute atomic E-state index is 0.00996. The van der Waals surface area contributed by atoms with Crippen molar-refractivity contribution < 1.29 is 33.5 Å². The Hall–Kier alpha value is -6.59. The first-order chi connectivity index (χ1) is 32.3. The van der Waals surface area contributed by atoms with Gasteiger partial charge in [0.25, 0.3) is 5.91 Å². The summed E-state index contributed by atoms with van der Waals surface area (Å²) in [4.78, 5) is 58.8. The minimum atomic E-state index is -0.960. The molecule has 0 radical (unpaired) electrons. The van der Waals surface area contributed by atoms with Crippen LogP contribution in [-0.2, 0) is 14.4 Å². The molecule has 2 aliphatic heterocycles. The van der Waals surface area contributed by atoms with Gasteiger partial charge in [-0.25, -0.2) is 0 Å². The van der Waals surface area contributed by atoms with Crippen LogP contribution in [0.4, 0.5) is 0 Å². The quantitative estimate of drug-likeness (QED) is 0.123. The lowest BCUT2D eigenvalue weighted by Crippen LogP contribution is -2.74. The van der Waals surface area contributed by atoms with Crippen molar-refractivity contribution in [3.63, 3.8) is 0 Å². The summed E-state index contributed by atoms with van der Waals surface area (Å²) in [5.41, 5.74) is 2.84. The molecule has 1 aromatic heterocycles. The molecule has 0 bridgehead atoms. The van der Waals surface area contributed by atoms with E-state index < -0.39 is 40.8 Å². The lowest BCUT2D eigenvalue weighted by Gasteiger charge is -2.63. The number of carbonyl (C=O) groups excluding carboxylic acids is 4. The number of β-amino-alcohol motifs (C(OH)–C–C–N with tert-alkyl or cyclic N) is 1. The fraction of sp³-hybridized carbons (Fsp3) is 0.444. The number of aliphatic hydroxyl groups is 1. The molecule has 0 spiro atoms. The molecule has 2 saturated heterocycles. The molecule has 3 heterocycles. The van der Waals surface area contributed by atoms with Crippen LogP contribution in [0.5, 0.6) is 5.75 Å². The number of piperidine rings is 1. The van der Waals surface area contributed by atoms with E-state index in [4.69, 9.17) is 27.3 Å². The molecule has 3 aromatic carbocycles. The number of hydrogen-bond acceptors (Lipinski definition) is 9. The number of ether oxygens (including phenoxy) is 1. The van der Waals surface area contributed by atoms with Crippen LogP contribution in [0.25, 0.3) is 0 Å². The summed E-state index contributed by atoms with van der Waals surface area (Å²) >= 11 is 6.25. The van der Waals surface area contributed by atoms with Crippen molar-refractivity contribution in [1.82, 2.24) is 25.6 Å². The van der Waals surface area contributed by atoms with E-state index >= 15 is 0 Å². The monoisotopic (exact) mass is 938 g/mol. The summed E-state index contributed by atoms with van der Waals surface area (Å²) < 4.78 is 11.9. The molecule has 1 aliphatic carbocycles. The standard InChI is InChI=1S/C54H59ClN6O7/c1-9-34-12-16-37(17-13-34)43(57-49(65)44-27-40(62)31-61(44)50(66)47(32(2)3)45-26-33(4)59-68-45)29-46(63)60-24-22-36(23-25-60)11-10-35-14-18-38(19-15-35)48(64)58-51-53(5,6)52(54(51,7)8)67-41-21-20-39(30-56)42(55)28-41/h1,12-21,26,28,32,36,40,43-44,47,51-52,62H,22-25,27,29,31H2,2-8H3,(H,57,65)(H,58,64)/t40-,43+,44+,47-,51?,52?/m1/s1. The van der Waals surface area contributed by atoms with Crippen LogP contribution >= 0.6 is 11.6 Å². The van der Waals surface area contributed by atoms with Gasteiger partial charge in [0.2, 0.25) is 17.7 Å². The molecular formula is C54H59ClN6O7. The predicted octanol–water partition coefficient (Wildman–Crippen LogP) is 7.34. The van der Waals surface area contributed by atoms with Gasteiger partial charge < -0.3 is 34.8 Å². The number of carbonyl (C=O) groups is 4. The molecular weight excluding hydrogens is 880 g/mol. The Labute approximate surface area is 403 Å². The van der Waals surface area contributed by atoms with Crippen LogP contribution in [0.3, 0.4) is 0 Å². The van der Waals surface area contributed by atoms with E-state index in [1.165, 1.54) is 4.90 Å². The number of nitriles is 1. The van der Waals surface area contributed by atoms with Gasteiger partial charge in [0, 0.05) is 77.7 Å². The smallest absolute Gasteiger partial charge is 0.251 e. The maximum Gasteiger partial charge on any atom is 0.251 e. The third kappa shape index (κ3) is 10.6. The van der Waals surface area contributed by atoms with Gasteiger partial charge in [-0.05, 0) is 79.8 Å². The second kappa shape index (κ2) is 20.3. The van der Waals surface area contributed by atoms with E-state index in [0.717, 1.165) is 5.56 Å². The normalized spacial score (nSPS) is 21.5. The van der Waals surface area contributed by atoms with E-state index in [2.05, 4.69) is 67.3 Å². The van der Waals surface area contributed by atoms with Crippen molar-refractivity contribution >= 4 is 35.2 Å². The number of aliphatic hydroxyl groups excluding tert-OH is 1. The number of rotatable bonds is 12. The molecule has 3 N–H and O–H groups in total. The topological polar surface area (TPSA) is 178 Å². The van der Waals surface area contributed by atoms with Crippen molar-refractivity contribution in [3.05, 3.63) is 117 Å². The highest BCUT2D eigenvalue weighted by molar-refractivity contribution is 6.31. The van der Waals surface area contributed by atoms with Gasteiger partial charge in [-0.15, -0.1) is 6.42 Å². The van der Waals surface area contributed by atoms with Gasteiger partial charge in [-0.3, -0.25) is 19.2 Å². The Balaban J connectivity index is 0.939. The van der Waals surface area contributed by atoms with E-state index in [0.29, 0.717) is 70.4 Å². The zero-order valence-corrected chi connectivity index (χ0v) is 40.4. The first-order valence-electron chi connectivity index (χ1n) is 23.2. The molecule has 4 atom stereocenters. The van der Waals surface area contributed by atoms with E-state index in [1.807, 2.05) is 26.0 Å². The van der Waals surface area contributed by atoms with Crippen molar-refractivity contribution in [1.29, 1.82) is 5.26 Å². The molecule has 14 heteroatoms. The maximum absolute atomic E-state index is 14.1. The fourth-order valence-corrected chi connectivity index (χ4v) is 10.6. The molecule has 4 amide bonds. The Morgan fingerprint density at radius 3 is 2.24 bits per heavy atom. The number of likely N-dealkylation sites (tertiary alicyclic amines) is 2. The zero-order chi connectivity index (χ0) is 49.1. The van der Waals surface area contributed by atoms with Crippen molar-refractivity contribution in [2.75, 3.05) is 19.6 Å². The number of nitrogens with one attached hydrogen (secondary N) is 2. The van der Waals surface area contributed by atoms with Crippen LogP contribution in [0.2, 0.25) is 5.02 Å². The molecule has 7 rings (SSSR count). The summed E-state index contributed by atoms with van der Waals surface area (Å²) in [6, 6.07) is 21.2. The summed E-state index contributed by atoms with van der Waals surface area (Å²) in [5, 5.41) is 30.5. The van der Waals surface area contributed by atoms with Crippen LogP contribution < -0.4 is 15.4 Å². The molecule has 3 aliphatic rings. The summed E-state index contributed by atoms with van der Waals surface area (Å²) in [5.74, 6) is 8.26. The molecule has 13 nitrogen and oxygen atoms in total. The van der Waals surface area contributed by atoms with Gasteiger partial charge >= 0.3 is 0 Å². The third-order valence-corrected chi connectivity index (χ3v) is 14.1. The average molecular weight is 940 g/mol. The largest absolute Gasteiger partial charge is 0.489 e. The third-order valence-electron chi connectivity index (χ3n) is 13.8. The highest BCUT2D eigenvalue weighted by Crippen LogP contribution is 2.55. The first kappa shape index (κ1) is 49.3. The van der Waals surface area contributed by atoms with Crippen molar-refractivity contribution in [3.8, 4) is 36.0 Å². The maximum atomic E-state index is 14.1. The highest BCUT2D eigenvalue weighted by atomic mass is 35.5.